The fourth-order valence-electron chi connectivity index (χ4n) is 3.11. The van der Waals surface area contributed by atoms with Crippen LogP contribution in [0.4, 0.5) is 6.01 Å². The number of aryl methyl sites for hydroxylation is 1. The summed E-state index contributed by atoms with van der Waals surface area (Å²) >= 11 is 0. The molecule has 122 valence electrons. The molecule has 21 heavy (non-hydrogen) atoms. The molecule has 2 rings (SSSR count). The first-order chi connectivity index (χ1) is 9.63. The summed E-state index contributed by atoms with van der Waals surface area (Å²) in [7, 11) is 0. The third kappa shape index (κ3) is 5.47. The number of hydrogen-bond acceptors (Lipinski definition) is 5. The zero-order valence-corrected chi connectivity index (χ0v) is 14.0. The molecular weight excluding hydrogens is 288 g/mol. The molecule has 1 aliphatic rings. The molecular formula is C15H29ClN4O. The van der Waals surface area contributed by atoms with Crippen LogP contribution in [-0.4, -0.2) is 23.3 Å². The summed E-state index contributed by atoms with van der Waals surface area (Å²) in [5.74, 6) is 1.46. The van der Waals surface area contributed by atoms with Crippen molar-refractivity contribution in [3.63, 3.8) is 0 Å². The monoisotopic (exact) mass is 316 g/mol. The molecule has 0 unspecified atom stereocenters. The Morgan fingerprint density at radius 2 is 2.05 bits per heavy atom. The van der Waals surface area contributed by atoms with Crippen LogP contribution >= 0.6 is 12.4 Å². The number of nitrogens with one attached hydrogen (secondary N) is 1. The van der Waals surface area contributed by atoms with Crippen LogP contribution in [0.1, 0.15) is 58.3 Å². The van der Waals surface area contributed by atoms with Crippen molar-refractivity contribution in [1.82, 2.24) is 10.2 Å². The van der Waals surface area contributed by atoms with Crippen LogP contribution in [0.15, 0.2) is 4.42 Å². The van der Waals surface area contributed by atoms with Gasteiger partial charge in [-0.2, -0.15) is 0 Å². The Labute approximate surface area is 133 Å². The number of hydrogen-bond donors (Lipinski definition) is 2. The largest absolute Gasteiger partial charge is 0.408 e. The van der Waals surface area contributed by atoms with Gasteiger partial charge in [0.2, 0.25) is 5.89 Å². The Hall–Kier alpha value is -0.810. The summed E-state index contributed by atoms with van der Waals surface area (Å²) in [5, 5.41) is 11.5. The second kappa shape index (κ2) is 8.59. The molecule has 1 saturated carbocycles. The van der Waals surface area contributed by atoms with Crippen LogP contribution in [0.5, 0.6) is 0 Å². The Morgan fingerprint density at radius 1 is 1.29 bits per heavy atom. The summed E-state index contributed by atoms with van der Waals surface area (Å²) in [5.41, 5.74) is 5.92. The Balaban J connectivity index is 0.00000220. The molecule has 1 aromatic heterocycles. The van der Waals surface area contributed by atoms with Crippen molar-refractivity contribution in [2.45, 2.75) is 58.8 Å². The van der Waals surface area contributed by atoms with Crippen molar-refractivity contribution in [2.75, 3.05) is 18.4 Å². The third-order valence-electron chi connectivity index (χ3n) is 4.18. The molecule has 1 aliphatic carbocycles. The lowest BCUT2D eigenvalue weighted by Gasteiger charge is -2.43. The molecule has 3 N–H and O–H groups in total. The van der Waals surface area contributed by atoms with E-state index in [4.69, 9.17) is 10.2 Å². The van der Waals surface area contributed by atoms with Gasteiger partial charge in [-0.15, -0.1) is 17.5 Å². The van der Waals surface area contributed by atoms with Crippen LogP contribution < -0.4 is 11.1 Å². The maximum atomic E-state index is 5.63. The highest BCUT2D eigenvalue weighted by Gasteiger charge is 2.37. The van der Waals surface area contributed by atoms with E-state index in [2.05, 4.69) is 29.4 Å². The molecule has 0 radical (unpaired) electrons. The molecule has 0 aromatic carbocycles. The second-order valence-electron chi connectivity index (χ2n) is 6.55. The molecule has 5 nitrogen and oxygen atoms in total. The smallest absolute Gasteiger partial charge is 0.315 e. The van der Waals surface area contributed by atoms with Crippen molar-refractivity contribution in [3.8, 4) is 0 Å². The first kappa shape index (κ1) is 18.2. The summed E-state index contributed by atoms with van der Waals surface area (Å²) < 4.78 is 5.63. The van der Waals surface area contributed by atoms with Gasteiger partial charge < -0.3 is 15.5 Å². The van der Waals surface area contributed by atoms with Crippen molar-refractivity contribution in [2.24, 2.45) is 17.1 Å². The van der Waals surface area contributed by atoms with Crippen molar-refractivity contribution >= 4 is 18.4 Å². The minimum atomic E-state index is 0. The van der Waals surface area contributed by atoms with E-state index in [1.165, 1.54) is 25.7 Å². The molecule has 1 aromatic rings. The normalized spacial score (nSPS) is 16.4. The first-order valence-corrected chi connectivity index (χ1v) is 7.90. The quantitative estimate of drug-likeness (QED) is 0.683. The van der Waals surface area contributed by atoms with E-state index in [9.17, 15) is 0 Å². The minimum Gasteiger partial charge on any atom is -0.408 e. The predicted octanol–water partition coefficient (Wildman–Crippen LogP) is 3.40. The molecule has 0 spiro atoms. The van der Waals surface area contributed by atoms with Crippen LogP contribution in [0.3, 0.4) is 0 Å². The third-order valence-corrected chi connectivity index (χ3v) is 4.18. The number of nitrogens with zero attached hydrogens (tertiary/aromatic N) is 2. The fraction of sp³-hybridized carbons (Fsp3) is 0.867. The minimum absolute atomic E-state index is 0. The van der Waals surface area contributed by atoms with E-state index in [1.54, 1.807) is 0 Å². The molecule has 6 heteroatoms. The molecule has 0 atom stereocenters. The molecule has 0 aliphatic heterocycles. The summed E-state index contributed by atoms with van der Waals surface area (Å²) in [4.78, 5) is 0. The van der Waals surface area contributed by atoms with Gasteiger partial charge in [0.25, 0.3) is 0 Å². The van der Waals surface area contributed by atoms with Crippen LogP contribution in [0, 0.1) is 11.3 Å². The average Bonchev–Trinajstić information content (AvgIpc) is 2.80. The highest BCUT2D eigenvalue weighted by atomic mass is 35.5. The molecule has 0 bridgehead atoms. The van der Waals surface area contributed by atoms with E-state index < -0.39 is 0 Å². The number of aromatic nitrogens is 2. The maximum Gasteiger partial charge on any atom is 0.315 e. The van der Waals surface area contributed by atoms with E-state index in [0.717, 1.165) is 38.3 Å². The maximum absolute atomic E-state index is 5.63. The van der Waals surface area contributed by atoms with Gasteiger partial charge in [-0.3, -0.25) is 0 Å². The molecule has 0 saturated heterocycles. The molecule has 1 heterocycles. The van der Waals surface area contributed by atoms with Gasteiger partial charge in [-0.1, -0.05) is 25.4 Å². The van der Waals surface area contributed by atoms with Crippen LogP contribution in [0.25, 0.3) is 0 Å². The Bertz CT molecular complexity index is 404. The standard InChI is InChI=1S/C15H28N4O.ClH/c1-12(2)10-15(7-5-8-15)11-17-14-19-18-13(20-14)6-3-4-9-16;/h12H,3-11,16H2,1-2H3,(H,17,19);1H. The van der Waals surface area contributed by atoms with E-state index >= 15 is 0 Å². The highest BCUT2D eigenvalue weighted by Crippen LogP contribution is 2.45. The zero-order chi connectivity index (χ0) is 14.4. The average molecular weight is 317 g/mol. The van der Waals surface area contributed by atoms with E-state index in [-0.39, 0.29) is 12.4 Å². The van der Waals surface area contributed by atoms with Crippen molar-refractivity contribution < 1.29 is 4.42 Å². The first-order valence-electron chi connectivity index (χ1n) is 7.90. The zero-order valence-electron chi connectivity index (χ0n) is 13.2. The summed E-state index contributed by atoms with van der Waals surface area (Å²) in [6.45, 7) is 6.26. The SMILES string of the molecule is CC(C)CC1(CNc2nnc(CCCCN)o2)CCC1.Cl. The summed E-state index contributed by atoms with van der Waals surface area (Å²) in [6, 6.07) is 0.572. The van der Waals surface area contributed by atoms with Gasteiger partial charge in [0.1, 0.15) is 0 Å². The number of unbranched alkanes of at least 4 members (excludes halogenated alkanes) is 1. The van der Waals surface area contributed by atoms with Gasteiger partial charge in [0.05, 0.1) is 0 Å². The topological polar surface area (TPSA) is 77.0 Å². The van der Waals surface area contributed by atoms with Crippen molar-refractivity contribution in [1.29, 1.82) is 0 Å². The van der Waals surface area contributed by atoms with Crippen molar-refractivity contribution in [3.05, 3.63) is 5.89 Å². The lowest BCUT2D eigenvalue weighted by Crippen LogP contribution is -2.37. The molecule has 0 amide bonds. The Morgan fingerprint density at radius 3 is 2.62 bits per heavy atom. The Kier molecular flexibility index (Phi) is 7.46. The number of anilines is 1. The van der Waals surface area contributed by atoms with Gasteiger partial charge in [0.15, 0.2) is 0 Å². The lowest BCUT2D eigenvalue weighted by atomic mass is 9.64. The van der Waals surface area contributed by atoms with E-state index in [0.29, 0.717) is 17.3 Å². The number of halogens is 1. The summed E-state index contributed by atoms with van der Waals surface area (Å²) in [6.07, 6.45) is 8.09. The van der Waals surface area contributed by atoms with E-state index in [1.807, 2.05) is 0 Å². The lowest BCUT2D eigenvalue weighted by molar-refractivity contribution is 0.116. The van der Waals surface area contributed by atoms with Gasteiger partial charge in [-0.25, -0.2) is 0 Å². The number of rotatable bonds is 9. The highest BCUT2D eigenvalue weighted by molar-refractivity contribution is 5.85. The molecule has 1 fully saturated rings. The van der Waals surface area contributed by atoms with Gasteiger partial charge >= 0.3 is 6.01 Å². The number of nitrogens with two attached hydrogens (primary N) is 1. The van der Waals surface area contributed by atoms with Crippen LogP contribution in [0.2, 0.25) is 0 Å². The van der Waals surface area contributed by atoms with Gasteiger partial charge in [-0.05, 0) is 50.0 Å². The van der Waals surface area contributed by atoms with Gasteiger partial charge in [0, 0.05) is 13.0 Å². The second-order valence-corrected chi connectivity index (χ2v) is 6.55. The van der Waals surface area contributed by atoms with Crippen LogP contribution in [-0.2, 0) is 6.42 Å². The fourth-order valence-corrected chi connectivity index (χ4v) is 3.11. The predicted molar refractivity (Wildman–Crippen MR) is 87.8 cm³/mol.